The van der Waals surface area contributed by atoms with Crippen LogP contribution in [-0.4, -0.2) is 32.8 Å². The molecule has 0 saturated carbocycles. The SMILES string of the molecule is C=CCCOCCNC(=O)c1ccc(OC)c(Br)c1. The van der Waals surface area contributed by atoms with E-state index in [1.807, 2.05) is 0 Å². The van der Waals surface area contributed by atoms with Gasteiger partial charge in [0.05, 0.1) is 24.8 Å². The highest BCUT2D eigenvalue weighted by Gasteiger charge is 2.08. The lowest BCUT2D eigenvalue weighted by molar-refractivity contribution is 0.0918. The van der Waals surface area contributed by atoms with Crippen molar-refractivity contribution >= 4 is 21.8 Å². The van der Waals surface area contributed by atoms with Gasteiger partial charge in [0.15, 0.2) is 0 Å². The minimum Gasteiger partial charge on any atom is -0.496 e. The molecule has 0 bridgehead atoms. The van der Waals surface area contributed by atoms with Gasteiger partial charge in [-0.25, -0.2) is 0 Å². The number of rotatable bonds is 8. The van der Waals surface area contributed by atoms with E-state index in [1.54, 1.807) is 31.4 Å². The Bertz CT molecular complexity index is 435. The molecule has 0 aliphatic heterocycles. The van der Waals surface area contributed by atoms with E-state index in [0.29, 0.717) is 31.1 Å². The predicted octanol–water partition coefficient (Wildman–Crippen LogP) is 2.78. The van der Waals surface area contributed by atoms with Crippen LogP contribution in [0.2, 0.25) is 0 Å². The lowest BCUT2D eigenvalue weighted by Crippen LogP contribution is -2.27. The third-order valence-electron chi connectivity index (χ3n) is 2.41. The molecule has 4 nitrogen and oxygen atoms in total. The quantitative estimate of drug-likeness (QED) is 0.590. The Labute approximate surface area is 121 Å². The van der Waals surface area contributed by atoms with Crippen molar-refractivity contribution in [2.45, 2.75) is 6.42 Å². The van der Waals surface area contributed by atoms with Crippen molar-refractivity contribution in [1.82, 2.24) is 5.32 Å². The van der Waals surface area contributed by atoms with Gasteiger partial charge in [0, 0.05) is 12.1 Å². The van der Waals surface area contributed by atoms with Crippen molar-refractivity contribution in [3.63, 3.8) is 0 Å². The third kappa shape index (κ3) is 5.44. The maximum Gasteiger partial charge on any atom is 0.251 e. The molecular formula is C14H18BrNO3. The number of carbonyl (C=O) groups excluding carboxylic acids is 1. The normalized spacial score (nSPS) is 10.0. The summed E-state index contributed by atoms with van der Waals surface area (Å²) in [6.45, 7) is 5.22. The molecule has 1 rings (SSSR count). The summed E-state index contributed by atoms with van der Waals surface area (Å²) in [6.07, 6.45) is 2.62. The zero-order valence-electron chi connectivity index (χ0n) is 10.9. The van der Waals surface area contributed by atoms with Gasteiger partial charge in [-0.15, -0.1) is 6.58 Å². The van der Waals surface area contributed by atoms with Crippen molar-refractivity contribution in [3.05, 3.63) is 40.9 Å². The first-order valence-electron chi connectivity index (χ1n) is 5.99. The summed E-state index contributed by atoms with van der Waals surface area (Å²) in [7, 11) is 1.58. The molecule has 0 atom stereocenters. The van der Waals surface area contributed by atoms with Gasteiger partial charge in [0.25, 0.3) is 5.91 Å². The second-order valence-electron chi connectivity index (χ2n) is 3.79. The molecule has 0 unspecified atom stereocenters. The number of hydrogen-bond acceptors (Lipinski definition) is 3. The van der Waals surface area contributed by atoms with E-state index in [1.165, 1.54) is 0 Å². The summed E-state index contributed by atoms with van der Waals surface area (Å²) < 4.78 is 11.2. The smallest absolute Gasteiger partial charge is 0.251 e. The lowest BCUT2D eigenvalue weighted by atomic mass is 10.2. The maximum atomic E-state index is 11.8. The Morgan fingerprint density at radius 1 is 1.47 bits per heavy atom. The molecule has 0 fully saturated rings. The van der Waals surface area contributed by atoms with Crippen LogP contribution < -0.4 is 10.1 Å². The number of carbonyl (C=O) groups is 1. The first-order valence-corrected chi connectivity index (χ1v) is 6.78. The fourth-order valence-electron chi connectivity index (χ4n) is 1.42. The van der Waals surface area contributed by atoms with Gasteiger partial charge >= 0.3 is 0 Å². The van der Waals surface area contributed by atoms with E-state index in [-0.39, 0.29) is 5.91 Å². The number of halogens is 1. The number of hydrogen-bond donors (Lipinski definition) is 1. The molecule has 0 aliphatic carbocycles. The molecule has 1 aromatic carbocycles. The summed E-state index contributed by atoms with van der Waals surface area (Å²) in [5.41, 5.74) is 0.582. The molecular weight excluding hydrogens is 310 g/mol. The van der Waals surface area contributed by atoms with Crippen LogP contribution in [0.15, 0.2) is 35.3 Å². The first kappa shape index (κ1) is 15.7. The molecule has 5 heteroatoms. The zero-order chi connectivity index (χ0) is 14.1. The van der Waals surface area contributed by atoms with Crippen LogP contribution >= 0.6 is 15.9 Å². The van der Waals surface area contributed by atoms with Crippen LogP contribution in [0.1, 0.15) is 16.8 Å². The van der Waals surface area contributed by atoms with Crippen LogP contribution in [0.5, 0.6) is 5.75 Å². The van der Waals surface area contributed by atoms with Crippen LogP contribution in [0.25, 0.3) is 0 Å². The van der Waals surface area contributed by atoms with Crippen molar-refractivity contribution in [2.24, 2.45) is 0 Å². The van der Waals surface area contributed by atoms with Crippen LogP contribution in [0, 0.1) is 0 Å². The van der Waals surface area contributed by atoms with Crippen LogP contribution in [0.3, 0.4) is 0 Å². The maximum absolute atomic E-state index is 11.8. The van der Waals surface area contributed by atoms with Crippen molar-refractivity contribution in [2.75, 3.05) is 26.9 Å². The molecule has 0 aromatic heterocycles. The standard InChI is InChI=1S/C14H18BrNO3/c1-3-4-8-19-9-7-16-14(17)11-5-6-13(18-2)12(15)10-11/h3,5-6,10H,1,4,7-9H2,2H3,(H,16,17). The largest absolute Gasteiger partial charge is 0.496 e. The Balaban J connectivity index is 2.37. The average Bonchev–Trinajstić information content (AvgIpc) is 2.42. The molecule has 0 radical (unpaired) electrons. The van der Waals surface area contributed by atoms with E-state index in [9.17, 15) is 4.79 Å². The number of benzene rings is 1. The number of nitrogens with one attached hydrogen (secondary N) is 1. The summed E-state index contributed by atoms with van der Waals surface area (Å²) in [5.74, 6) is 0.569. The predicted molar refractivity (Wildman–Crippen MR) is 78.7 cm³/mol. The second-order valence-corrected chi connectivity index (χ2v) is 4.65. The highest BCUT2D eigenvalue weighted by Crippen LogP contribution is 2.25. The van der Waals surface area contributed by atoms with E-state index < -0.39 is 0 Å². The van der Waals surface area contributed by atoms with Gasteiger partial charge in [0.2, 0.25) is 0 Å². The van der Waals surface area contributed by atoms with Gasteiger partial charge in [0.1, 0.15) is 5.75 Å². The van der Waals surface area contributed by atoms with Crippen molar-refractivity contribution in [3.8, 4) is 5.75 Å². The van der Waals surface area contributed by atoms with Gasteiger partial charge in [-0.3, -0.25) is 4.79 Å². The van der Waals surface area contributed by atoms with Gasteiger partial charge in [-0.1, -0.05) is 6.08 Å². The monoisotopic (exact) mass is 327 g/mol. The highest BCUT2D eigenvalue weighted by molar-refractivity contribution is 9.10. The fourth-order valence-corrected chi connectivity index (χ4v) is 1.96. The Kier molecular flexibility index (Phi) is 7.22. The average molecular weight is 328 g/mol. The van der Waals surface area contributed by atoms with Crippen molar-refractivity contribution in [1.29, 1.82) is 0 Å². The summed E-state index contributed by atoms with van der Waals surface area (Å²) in [5, 5.41) is 2.79. The molecule has 1 N–H and O–H groups in total. The minimum atomic E-state index is -0.129. The highest BCUT2D eigenvalue weighted by atomic mass is 79.9. The summed E-state index contributed by atoms with van der Waals surface area (Å²) >= 11 is 3.35. The molecule has 1 amide bonds. The summed E-state index contributed by atoms with van der Waals surface area (Å²) in [4.78, 5) is 11.8. The van der Waals surface area contributed by atoms with Gasteiger partial charge in [-0.05, 0) is 40.5 Å². The summed E-state index contributed by atoms with van der Waals surface area (Å²) in [6, 6.07) is 5.20. The number of methoxy groups -OCH3 is 1. The second kappa shape index (κ2) is 8.72. The number of amides is 1. The topological polar surface area (TPSA) is 47.6 Å². The molecule has 0 spiro atoms. The van der Waals surface area contributed by atoms with E-state index >= 15 is 0 Å². The zero-order valence-corrected chi connectivity index (χ0v) is 12.5. The van der Waals surface area contributed by atoms with E-state index in [4.69, 9.17) is 9.47 Å². The number of ether oxygens (including phenoxy) is 2. The first-order chi connectivity index (χ1) is 9.19. The third-order valence-corrected chi connectivity index (χ3v) is 3.03. The van der Waals surface area contributed by atoms with E-state index in [2.05, 4.69) is 27.8 Å². The van der Waals surface area contributed by atoms with Crippen LogP contribution in [-0.2, 0) is 4.74 Å². The van der Waals surface area contributed by atoms with Gasteiger partial charge < -0.3 is 14.8 Å². The Morgan fingerprint density at radius 2 is 2.26 bits per heavy atom. The molecule has 0 heterocycles. The fraction of sp³-hybridized carbons (Fsp3) is 0.357. The Hall–Kier alpha value is -1.33. The molecule has 19 heavy (non-hydrogen) atoms. The minimum absolute atomic E-state index is 0.129. The molecule has 0 aliphatic rings. The molecule has 1 aromatic rings. The van der Waals surface area contributed by atoms with Gasteiger partial charge in [-0.2, -0.15) is 0 Å². The Morgan fingerprint density at radius 3 is 2.89 bits per heavy atom. The van der Waals surface area contributed by atoms with Crippen molar-refractivity contribution < 1.29 is 14.3 Å². The molecule has 0 saturated heterocycles. The van der Waals surface area contributed by atoms with E-state index in [0.717, 1.165) is 10.9 Å². The van der Waals surface area contributed by atoms with Crippen LogP contribution in [0.4, 0.5) is 0 Å². The lowest BCUT2D eigenvalue weighted by Gasteiger charge is -2.08. The molecule has 104 valence electrons.